The largest absolute Gasteiger partial charge is 1.00 e. The van der Waals surface area contributed by atoms with Crippen molar-refractivity contribution in [3.05, 3.63) is 212 Å². The summed E-state index contributed by atoms with van der Waals surface area (Å²) in [6.07, 6.45) is -5.98. The number of aromatic nitrogens is 2. The Kier molecular flexibility index (Phi) is 23.9. The van der Waals surface area contributed by atoms with Crippen molar-refractivity contribution in [3.8, 4) is 44.8 Å². The van der Waals surface area contributed by atoms with Gasteiger partial charge in [-0.25, -0.2) is 18.7 Å². The minimum atomic E-state index is -4.41. The number of benzene rings is 6. The van der Waals surface area contributed by atoms with E-state index in [2.05, 4.69) is 9.97 Å². The van der Waals surface area contributed by atoms with Gasteiger partial charge in [0, 0.05) is 41.4 Å². The molecule has 390 valence electrons. The van der Waals surface area contributed by atoms with Gasteiger partial charge in [-0.1, -0.05) is 84.9 Å². The van der Waals surface area contributed by atoms with Crippen molar-refractivity contribution >= 4 is 34.3 Å². The Hall–Kier alpha value is -6.19. The first-order valence-electron chi connectivity index (χ1n) is 22.9. The maximum Gasteiger partial charge on any atom is 1.00 e. The Bertz CT molecular complexity index is 3160. The van der Waals surface area contributed by atoms with Gasteiger partial charge >= 0.3 is 41.9 Å². The number of alkyl halides is 7. The van der Waals surface area contributed by atoms with E-state index in [1.54, 1.807) is 12.1 Å². The molecule has 6 aromatic carbocycles. The molecular weight excluding hydrogens is 1070 g/mol. The first-order valence-corrected chi connectivity index (χ1v) is 25.0. The molecule has 0 amide bonds. The molecule has 0 aliphatic heterocycles. The Balaban J connectivity index is 0.000000282. The van der Waals surface area contributed by atoms with Gasteiger partial charge in [0.05, 0.1) is 57.6 Å². The van der Waals surface area contributed by atoms with Crippen molar-refractivity contribution in [1.82, 2.24) is 9.97 Å². The van der Waals surface area contributed by atoms with E-state index in [0.717, 1.165) is 75.1 Å². The fourth-order valence-electron chi connectivity index (χ4n) is 6.86. The molecule has 8 nitrogen and oxygen atoms in total. The second-order valence-corrected chi connectivity index (χ2v) is 18.6. The standard InChI is InChI=1S/C28H22F4N2O2S.C21H19ClF3NOS.C7H4FNO.Na.H/c29-24-15-23(13-10-21(24)16-33)36-18-26-25(7-4-14-35-17-19-5-2-1-3-6-19)34-27(37-26)20-8-11-22(12-9-20)28(30,31)32;22-13-19-18(7-4-12-27-14-15-5-2-1-3-6-15)26-20(28-19)16-8-10-17(11-9-16)21(23,24)25;8-7-3-6(10)2-1-5(7)4-9;;/h1-3,5-6,8-13,15H,4,7,14,17-18H2;1-3,5-6,8-11H,4,7,12-14H2;1-3,10H;;/q;;;+1;-1. The molecule has 0 bridgehead atoms. The summed E-state index contributed by atoms with van der Waals surface area (Å²) in [5, 5.41) is 27.1. The Labute approximate surface area is 470 Å². The van der Waals surface area contributed by atoms with Crippen molar-refractivity contribution in [2.75, 3.05) is 13.2 Å². The zero-order chi connectivity index (χ0) is 53.8. The third-order valence-electron chi connectivity index (χ3n) is 10.7. The molecule has 0 radical (unpaired) electrons. The Morgan fingerprint density at radius 1 is 0.566 bits per heavy atom. The monoisotopic (exact) mass is 1110 g/mol. The zero-order valence-corrected chi connectivity index (χ0v) is 45.0. The van der Waals surface area contributed by atoms with Crippen LogP contribution in [-0.4, -0.2) is 28.3 Å². The van der Waals surface area contributed by atoms with E-state index in [1.807, 2.05) is 60.7 Å². The normalized spacial score (nSPS) is 11.0. The Morgan fingerprint density at radius 3 is 1.42 bits per heavy atom. The van der Waals surface area contributed by atoms with Crippen LogP contribution in [0.3, 0.4) is 0 Å². The summed E-state index contributed by atoms with van der Waals surface area (Å²) in [6.45, 7) is 2.27. The van der Waals surface area contributed by atoms with E-state index in [0.29, 0.717) is 72.7 Å². The number of hydrogen-bond donors (Lipinski definition) is 1. The van der Waals surface area contributed by atoms with Crippen LogP contribution in [0.15, 0.2) is 146 Å². The van der Waals surface area contributed by atoms with Crippen LogP contribution in [0, 0.1) is 34.3 Å². The third-order valence-corrected chi connectivity index (χ3v) is 13.4. The van der Waals surface area contributed by atoms with Crippen molar-refractivity contribution < 1.29 is 85.4 Å². The molecule has 2 aromatic heterocycles. The maximum atomic E-state index is 14.0. The maximum absolute atomic E-state index is 14.0. The molecule has 0 unspecified atom stereocenters. The van der Waals surface area contributed by atoms with E-state index in [4.69, 9.17) is 41.4 Å². The number of nitriles is 2. The smallest absolute Gasteiger partial charge is 1.00 e. The van der Waals surface area contributed by atoms with Crippen LogP contribution in [0.5, 0.6) is 11.5 Å². The van der Waals surface area contributed by atoms with Crippen molar-refractivity contribution in [2.24, 2.45) is 0 Å². The quantitative estimate of drug-likeness (QED) is 0.0390. The molecule has 0 saturated heterocycles. The van der Waals surface area contributed by atoms with Crippen LogP contribution in [-0.2, 0) is 60.4 Å². The van der Waals surface area contributed by atoms with Crippen molar-refractivity contribution in [3.63, 3.8) is 0 Å². The summed E-state index contributed by atoms with van der Waals surface area (Å²) in [5.74, 6) is -0.943. The summed E-state index contributed by atoms with van der Waals surface area (Å²) in [6, 6.07) is 40.5. The summed E-state index contributed by atoms with van der Waals surface area (Å²) >= 11 is 8.76. The molecule has 0 aliphatic rings. The van der Waals surface area contributed by atoms with Gasteiger partial charge in [0.2, 0.25) is 0 Å². The third kappa shape index (κ3) is 18.8. The summed E-state index contributed by atoms with van der Waals surface area (Å²) in [7, 11) is 0. The van der Waals surface area contributed by atoms with Crippen LogP contribution in [0.25, 0.3) is 21.1 Å². The van der Waals surface area contributed by atoms with Gasteiger partial charge in [-0.05, 0) is 85.3 Å². The van der Waals surface area contributed by atoms with Crippen molar-refractivity contribution in [2.45, 2.75) is 63.7 Å². The molecule has 2 heterocycles. The van der Waals surface area contributed by atoms with Gasteiger partial charge in [-0.3, -0.25) is 0 Å². The van der Waals surface area contributed by atoms with E-state index < -0.39 is 35.1 Å². The second-order valence-electron chi connectivity index (χ2n) is 16.2. The molecule has 0 aliphatic carbocycles. The van der Waals surface area contributed by atoms with Crippen LogP contribution >= 0.6 is 34.3 Å². The SMILES string of the molecule is FC(F)(F)c1ccc(-c2nc(CCCOCc3ccccc3)c(CCl)s2)cc1.N#Cc1ccc(O)cc1F.N#Cc1ccc(OCc2sc(-c3ccc(C(F)(F)F)cc3)nc2CCCOCc2ccccc2)cc1F.[H-].[Na+]. The predicted octanol–water partition coefficient (Wildman–Crippen LogP) is 12.8. The minimum Gasteiger partial charge on any atom is -1.00 e. The molecule has 76 heavy (non-hydrogen) atoms. The summed E-state index contributed by atoms with van der Waals surface area (Å²) in [4.78, 5) is 11.0. The molecule has 0 atom stereocenters. The fraction of sp³-hybridized carbons (Fsp3) is 0.214. The molecule has 0 saturated carbocycles. The molecular formula is C56H46ClF8N4NaO4S2. The number of aryl methyl sites for hydroxylation is 2. The Morgan fingerprint density at radius 2 is 1.00 bits per heavy atom. The molecule has 1 N–H and O–H groups in total. The number of phenols is 1. The molecule has 8 rings (SSSR count). The molecule has 0 fully saturated rings. The molecule has 8 aromatic rings. The van der Waals surface area contributed by atoms with Gasteiger partial charge in [-0.15, -0.1) is 34.3 Å². The van der Waals surface area contributed by atoms with E-state index in [-0.39, 0.29) is 60.2 Å². The van der Waals surface area contributed by atoms with Crippen LogP contribution < -0.4 is 34.3 Å². The summed E-state index contributed by atoms with van der Waals surface area (Å²) in [5.41, 5.74) is 3.54. The number of rotatable bonds is 18. The van der Waals surface area contributed by atoms with E-state index in [9.17, 15) is 35.1 Å². The van der Waals surface area contributed by atoms with Crippen LogP contribution in [0.2, 0.25) is 0 Å². The van der Waals surface area contributed by atoms with Gasteiger partial charge in [0.1, 0.15) is 51.9 Å². The molecule has 0 spiro atoms. The van der Waals surface area contributed by atoms with Gasteiger partial charge < -0.3 is 20.7 Å². The average Bonchev–Trinajstić information content (AvgIpc) is 4.02. The van der Waals surface area contributed by atoms with Gasteiger partial charge in [-0.2, -0.15) is 36.9 Å². The van der Waals surface area contributed by atoms with Crippen LogP contribution in [0.1, 0.15) is 68.8 Å². The number of phenolic OH excluding ortho intramolecular Hbond substituents is 1. The number of ether oxygens (including phenoxy) is 3. The zero-order valence-electron chi connectivity index (χ0n) is 41.6. The predicted molar refractivity (Wildman–Crippen MR) is 273 cm³/mol. The number of halogens is 9. The number of nitrogens with zero attached hydrogens (tertiary/aromatic N) is 4. The van der Waals surface area contributed by atoms with E-state index >= 15 is 0 Å². The average molecular weight is 1110 g/mol. The van der Waals surface area contributed by atoms with Gasteiger partial charge in [0.25, 0.3) is 0 Å². The second kappa shape index (κ2) is 29.9. The molecule has 20 heteroatoms. The fourth-order valence-corrected chi connectivity index (χ4v) is 9.16. The first-order chi connectivity index (χ1) is 36.0. The van der Waals surface area contributed by atoms with Gasteiger partial charge in [0.15, 0.2) is 0 Å². The topological polar surface area (TPSA) is 121 Å². The van der Waals surface area contributed by atoms with Crippen molar-refractivity contribution in [1.29, 1.82) is 10.5 Å². The first kappa shape index (κ1) is 60.7. The number of hydrogen-bond acceptors (Lipinski definition) is 10. The number of aromatic hydroxyl groups is 1. The number of thiazole rings is 2. The minimum absolute atomic E-state index is 0. The van der Waals surface area contributed by atoms with Crippen LogP contribution in [0.4, 0.5) is 35.1 Å². The summed E-state index contributed by atoms with van der Waals surface area (Å²) < 4.78 is 121. The van der Waals surface area contributed by atoms with E-state index in [1.165, 1.54) is 71.2 Å².